The summed E-state index contributed by atoms with van der Waals surface area (Å²) in [6.07, 6.45) is 1.42. The summed E-state index contributed by atoms with van der Waals surface area (Å²) < 4.78 is 14.1. The van der Waals surface area contributed by atoms with Crippen LogP contribution in [0.5, 0.6) is 0 Å². The molecule has 0 radical (unpaired) electrons. The highest BCUT2D eigenvalue weighted by atomic mass is 19.1. The second kappa shape index (κ2) is 3.77. The quantitative estimate of drug-likeness (QED) is 0.841. The fourth-order valence-corrected chi connectivity index (χ4v) is 1.50. The number of aromatic carboxylic acids is 1. The lowest BCUT2D eigenvalue weighted by molar-refractivity contribution is 0.0687. The summed E-state index contributed by atoms with van der Waals surface area (Å²) >= 11 is 0. The third kappa shape index (κ3) is 1.67. The third-order valence-electron chi connectivity index (χ3n) is 2.26. The maximum atomic E-state index is 12.7. The van der Waals surface area contributed by atoms with Gasteiger partial charge in [-0.3, -0.25) is 0 Å². The van der Waals surface area contributed by atoms with Crippen LogP contribution in [0, 0.1) is 5.82 Å². The summed E-state index contributed by atoms with van der Waals surface area (Å²) in [4.78, 5) is 15.0. The van der Waals surface area contributed by atoms with Gasteiger partial charge in [0.2, 0.25) is 0 Å². The lowest BCUT2D eigenvalue weighted by Crippen LogP contribution is -2.05. The van der Waals surface area contributed by atoms with Crippen LogP contribution in [-0.2, 0) is 7.05 Å². The zero-order chi connectivity index (χ0) is 11.7. The van der Waals surface area contributed by atoms with Gasteiger partial charge in [-0.05, 0) is 24.3 Å². The number of halogens is 1. The molecule has 0 aliphatic carbocycles. The summed E-state index contributed by atoms with van der Waals surface area (Å²) in [5.41, 5.74) is 1.01. The van der Waals surface area contributed by atoms with Crippen LogP contribution in [0.4, 0.5) is 4.39 Å². The minimum Gasteiger partial charge on any atom is -0.477 e. The number of carbonyl (C=O) groups is 1. The highest BCUT2D eigenvalue weighted by Gasteiger charge is 2.17. The van der Waals surface area contributed by atoms with E-state index >= 15 is 0 Å². The average molecular weight is 220 g/mol. The molecule has 1 N–H and O–H groups in total. The average Bonchev–Trinajstić information content (AvgIpc) is 2.61. The first-order chi connectivity index (χ1) is 7.59. The van der Waals surface area contributed by atoms with Gasteiger partial charge in [-0.2, -0.15) is 0 Å². The van der Waals surface area contributed by atoms with Gasteiger partial charge in [0.05, 0.1) is 6.33 Å². The van der Waals surface area contributed by atoms with E-state index in [1.807, 2.05) is 0 Å². The Labute approximate surface area is 91.0 Å². The summed E-state index contributed by atoms with van der Waals surface area (Å²) in [6.45, 7) is 0. The molecule has 0 bridgehead atoms. The number of aryl methyl sites for hydroxylation is 1. The molecule has 0 fully saturated rings. The first kappa shape index (κ1) is 10.4. The van der Waals surface area contributed by atoms with Gasteiger partial charge in [-0.1, -0.05) is 0 Å². The first-order valence-corrected chi connectivity index (χ1v) is 4.60. The third-order valence-corrected chi connectivity index (χ3v) is 2.26. The number of carboxylic acids is 1. The predicted octanol–water partition coefficient (Wildman–Crippen LogP) is 1.92. The summed E-state index contributed by atoms with van der Waals surface area (Å²) in [5.74, 6) is -1.42. The van der Waals surface area contributed by atoms with Crippen molar-refractivity contribution in [2.45, 2.75) is 0 Å². The number of rotatable bonds is 2. The monoisotopic (exact) mass is 220 g/mol. The largest absolute Gasteiger partial charge is 0.477 e. The van der Waals surface area contributed by atoms with Gasteiger partial charge in [0.25, 0.3) is 0 Å². The Bertz CT molecular complexity index is 531. The molecule has 0 atom stereocenters. The number of hydrogen-bond acceptors (Lipinski definition) is 2. The predicted molar refractivity (Wildman–Crippen MR) is 55.6 cm³/mol. The SMILES string of the molecule is Cn1cnc(-c2ccc(F)cc2)c1C(=O)O. The van der Waals surface area contributed by atoms with E-state index in [9.17, 15) is 9.18 Å². The maximum Gasteiger partial charge on any atom is 0.354 e. The van der Waals surface area contributed by atoms with Crippen molar-refractivity contribution in [2.24, 2.45) is 7.05 Å². The molecule has 0 saturated heterocycles. The minimum absolute atomic E-state index is 0.0895. The number of hydrogen-bond donors (Lipinski definition) is 1. The van der Waals surface area contributed by atoms with Crippen LogP contribution in [0.1, 0.15) is 10.5 Å². The van der Waals surface area contributed by atoms with Crippen molar-refractivity contribution in [3.05, 3.63) is 42.1 Å². The van der Waals surface area contributed by atoms with Crippen LogP contribution in [-0.4, -0.2) is 20.6 Å². The van der Waals surface area contributed by atoms with Crippen LogP contribution >= 0.6 is 0 Å². The van der Waals surface area contributed by atoms with Crippen molar-refractivity contribution < 1.29 is 14.3 Å². The molecule has 0 aliphatic heterocycles. The first-order valence-electron chi connectivity index (χ1n) is 4.60. The van der Waals surface area contributed by atoms with E-state index in [2.05, 4.69) is 4.98 Å². The molecule has 0 spiro atoms. The van der Waals surface area contributed by atoms with E-state index < -0.39 is 5.97 Å². The van der Waals surface area contributed by atoms with E-state index in [0.29, 0.717) is 11.3 Å². The molecule has 0 amide bonds. The Hall–Kier alpha value is -2.17. The topological polar surface area (TPSA) is 55.1 Å². The molecule has 2 rings (SSSR count). The van der Waals surface area contributed by atoms with Crippen molar-refractivity contribution in [1.29, 1.82) is 0 Å². The Kier molecular flexibility index (Phi) is 2.44. The Morgan fingerprint density at radius 1 is 1.38 bits per heavy atom. The van der Waals surface area contributed by atoms with E-state index in [-0.39, 0.29) is 11.5 Å². The lowest BCUT2D eigenvalue weighted by Gasteiger charge is -2.01. The Morgan fingerprint density at radius 3 is 2.56 bits per heavy atom. The van der Waals surface area contributed by atoms with Gasteiger partial charge >= 0.3 is 5.97 Å². The smallest absolute Gasteiger partial charge is 0.354 e. The molecule has 1 aromatic heterocycles. The van der Waals surface area contributed by atoms with Gasteiger partial charge in [-0.15, -0.1) is 0 Å². The van der Waals surface area contributed by atoms with E-state index in [0.717, 1.165) is 0 Å². The second-order valence-electron chi connectivity index (χ2n) is 3.36. The Balaban J connectivity index is 2.56. The zero-order valence-corrected chi connectivity index (χ0v) is 8.51. The molecule has 82 valence electrons. The maximum absolute atomic E-state index is 12.7. The molecular formula is C11H9FN2O2. The molecule has 0 unspecified atom stereocenters. The van der Waals surface area contributed by atoms with Crippen LogP contribution in [0.2, 0.25) is 0 Å². The molecule has 4 nitrogen and oxygen atoms in total. The summed E-state index contributed by atoms with van der Waals surface area (Å²) in [7, 11) is 1.60. The fourth-order valence-electron chi connectivity index (χ4n) is 1.50. The standard InChI is InChI=1S/C11H9FN2O2/c1-14-6-13-9(10(14)11(15)16)7-2-4-8(12)5-3-7/h2-6H,1H3,(H,15,16). The lowest BCUT2D eigenvalue weighted by atomic mass is 10.1. The van der Waals surface area contributed by atoms with Gasteiger partial charge in [0.15, 0.2) is 5.69 Å². The van der Waals surface area contributed by atoms with Crippen molar-refractivity contribution in [2.75, 3.05) is 0 Å². The number of nitrogens with zero attached hydrogens (tertiary/aromatic N) is 2. The number of imidazole rings is 1. The molecule has 2 aromatic rings. The number of aromatic nitrogens is 2. The van der Waals surface area contributed by atoms with E-state index in [1.165, 1.54) is 35.2 Å². The highest BCUT2D eigenvalue weighted by molar-refractivity contribution is 5.93. The van der Waals surface area contributed by atoms with Crippen LogP contribution in [0.25, 0.3) is 11.3 Å². The van der Waals surface area contributed by atoms with E-state index in [1.54, 1.807) is 7.05 Å². The number of benzene rings is 1. The zero-order valence-electron chi connectivity index (χ0n) is 8.51. The molecule has 1 heterocycles. The van der Waals surface area contributed by atoms with Crippen LogP contribution < -0.4 is 0 Å². The molecule has 0 aliphatic rings. The normalized spacial score (nSPS) is 10.4. The highest BCUT2D eigenvalue weighted by Crippen LogP contribution is 2.21. The van der Waals surface area contributed by atoms with Crippen molar-refractivity contribution in [3.63, 3.8) is 0 Å². The van der Waals surface area contributed by atoms with Crippen LogP contribution in [0.15, 0.2) is 30.6 Å². The molecular weight excluding hydrogens is 211 g/mol. The van der Waals surface area contributed by atoms with Crippen molar-refractivity contribution in [1.82, 2.24) is 9.55 Å². The fraction of sp³-hybridized carbons (Fsp3) is 0.0909. The van der Waals surface area contributed by atoms with Gasteiger partial charge in [0.1, 0.15) is 11.5 Å². The van der Waals surface area contributed by atoms with E-state index in [4.69, 9.17) is 5.11 Å². The Morgan fingerprint density at radius 2 is 2.00 bits per heavy atom. The number of carboxylic acid groups (broad SMARTS) is 1. The van der Waals surface area contributed by atoms with Gasteiger partial charge in [0, 0.05) is 12.6 Å². The van der Waals surface area contributed by atoms with Crippen molar-refractivity contribution >= 4 is 5.97 Å². The molecule has 0 saturated carbocycles. The van der Waals surface area contributed by atoms with Gasteiger partial charge in [-0.25, -0.2) is 14.2 Å². The minimum atomic E-state index is -1.06. The second-order valence-corrected chi connectivity index (χ2v) is 3.36. The van der Waals surface area contributed by atoms with Crippen LogP contribution in [0.3, 0.4) is 0 Å². The van der Waals surface area contributed by atoms with Gasteiger partial charge < -0.3 is 9.67 Å². The molecule has 5 heteroatoms. The summed E-state index contributed by atoms with van der Waals surface area (Å²) in [6, 6.07) is 5.56. The molecule has 1 aromatic carbocycles. The molecule has 16 heavy (non-hydrogen) atoms. The summed E-state index contributed by atoms with van der Waals surface area (Å²) in [5, 5.41) is 9.02. The van der Waals surface area contributed by atoms with Crippen molar-refractivity contribution in [3.8, 4) is 11.3 Å².